The molecule has 4 N–H and O–H groups in total. The van der Waals surface area contributed by atoms with Gasteiger partial charge in [-0.05, 0) is 35.7 Å². The summed E-state index contributed by atoms with van der Waals surface area (Å²) >= 11 is 1.69. The first-order chi connectivity index (χ1) is 7.77. The second-order valence-corrected chi connectivity index (χ2v) is 4.43. The molecular formula is C11H20N4S. The smallest absolute Gasteiger partial charge is 0.206 e. The van der Waals surface area contributed by atoms with E-state index in [1.165, 1.54) is 5.56 Å². The van der Waals surface area contributed by atoms with E-state index in [1.54, 1.807) is 11.3 Å². The van der Waals surface area contributed by atoms with E-state index < -0.39 is 0 Å². The maximum atomic E-state index is 5.42. The van der Waals surface area contributed by atoms with Gasteiger partial charge in [0.2, 0.25) is 5.96 Å². The van der Waals surface area contributed by atoms with E-state index in [2.05, 4.69) is 46.4 Å². The third kappa shape index (κ3) is 4.20. The first-order valence-corrected chi connectivity index (χ1v) is 6.52. The van der Waals surface area contributed by atoms with E-state index in [9.17, 15) is 0 Å². The molecule has 1 unspecified atom stereocenters. The van der Waals surface area contributed by atoms with Crippen molar-refractivity contribution in [1.29, 1.82) is 0 Å². The maximum absolute atomic E-state index is 5.42. The topological polar surface area (TPSA) is 62.4 Å². The number of guanidine groups is 1. The van der Waals surface area contributed by atoms with Crippen LogP contribution >= 0.6 is 11.3 Å². The number of hydrogen-bond donors (Lipinski definition) is 3. The van der Waals surface area contributed by atoms with Crippen molar-refractivity contribution in [2.24, 2.45) is 10.8 Å². The molecule has 0 spiro atoms. The lowest BCUT2D eigenvalue weighted by Crippen LogP contribution is -2.42. The number of hydrogen-bond acceptors (Lipinski definition) is 3. The first kappa shape index (κ1) is 13.0. The minimum absolute atomic E-state index is 0.225. The molecule has 0 aliphatic rings. The number of nitrogens with one attached hydrogen (secondary N) is 2. The fourth-order valence-electron chi connectivity index (χ4n) is 1.29. The van der Waals surface area contributed by atoms with Crippen molar-refractivity contribution < 1.29 is 0 Å². The Kier molecular flexibility index (Phi) is 5.88. The Labute approximate surface area is 101 Å². The standard InChI is InChI=1S/C11H20N4S/c1-3-4-6-13-11(15-12)14-9(2)10-5-7-16-8-10/h5,7-9H,3-4,6,12H2,1-2H3,(H2,13,14,15). The molecule has 1 heterocycles. The molecule has 1 aromatic rings. The number of nitrogens with two attached hydrogens (primary N) is 1. The Morgan fingerprint density at radius 1 is 1.62 bits per heavy atom. The monoisotopic (exact) mass is 240 g/mol. The molecule has 5 heteroatoms. The largest absolute Gasteiger partial charge is 0.349 e. The van der Waals surface area contributed by atoms with Crippen LogP contribution in [-0.4, -0.2) is 12.5 Å². The molecule has 0 saturated carbocycles. The molecule has 0 amide bonds. The Balaban J connectivity index is 2.46. The van der Waals surface area contributed by atoms with Gasteiger partial charge in [-0.25, -0.2) is 5.84 Å². The van der Waals surface area contributed by atoms with Crippen LogP contribution in [0.1, 0.15) is 38.3 Å². The summed E-state index contributed by atoms with van der Waals surface area (Å²) in [5.41, 5.74) is 3.85. The third-order valence-electron chi connectivity index (χ3n) is 2.31. The van der Waals surface area contributed by atoms with Crippen LogP contribution in [0.25, 0.3) is 0 Å². The Bertz CT molecular complexity index is 308. The lowest BCUT2D eigenvalue weighted by Gasteiger charge is -2.15. The molecule has 16 heavy (non-hydrogen) atoms. The highest BCUT2D eigenvalue weighted by atomic mass is 32.1. The van der Waals surface area contributed by atoms with Crippen LogP contribution in [0.3, 0.4) is 0 Å². The highest BCUT2D eigenvalue weighted by Gasteiger charge is 2.06. The molecule has 90 valence electrons. The molecule has 4 nitrogen and oxygen atoms in total. The zero-order valence-corrected chi connectivity index (χ0v) is 10.7. The Hall–Kier alpha value is -1.07. The van der Waals surface area contributed by atoms with Gasteiger partial charge >= 0.3 is 0 Å². The van der Waals surface area contributed by atoms with Crippen molar-refractivity contribution in [3.05, 3.63) is 22.4 Å². The maximum Gasteiger partial charge on any atom is 0.206 e. The number of hydrazine groups is 1. The summed E-state index contributed by atoms with van der Waals surface area (Å²) in [5, 5.41) is 7.44. The van der Waals surface area contributed by atoms with Crippen molar-refractivity contribution >= 4 is 17.3 Å². The Morgan fingerprint density at radius 3 is 3.00 bits per heavy atom. The fraction of sp³-hybridized carbons (Fsp3) is 0.545. The zero-order valence-electron chi connectivity index (χ0n) is 9.86. The minimum Gasteiger partial charge on any atom is -0.349 e. The molecule has 0 bridgehead atoms. The minimum atomic E-state index is 0.225. The summed E-state index contributed by atoms with van der Waals surface area (Å²) in [7, 11) is 0. The fourth-order valence-corrected chi connectivity index (χ4v) is 2.05. The van der Waals surface area contributed by atoms with Gasteiger partial charge in [0, 0.05) is 6.54 Å². The number of aliphatic imine (C=N–C) groups is 1. The number of nitrogens with zero attached hydrogens (tertiary/aromatic N) is 1. The van der Waals surface area contributed by atoms with Gasteiger partial charge < -0.3 is 5.32 Å². The quantitative estimate of drug-likeness (QED) is 0.242. The second kappa shape index (κ2) is 7.24. The lowest BCUT2D eigenvalue weighted by atomic mass is 10.2. The molecule has 0 aromatic carbocycles. The van der Waals surface area contributed by atoms with Crippen molar-refractivity contribution in [2.75, 3.05) is 6.54 Å². The van der Waals surface area contributed by atoms with Gasteiger partial charge in [0.25, 0.3) is 0 Å². The van der Waals surface area contributed by atoms with Crippen LogP contribution in [0.2, 0.25) is 0 Å². The van der Waals surface area contributed by atoms with E-state index in [4.69, 9.17) is 5.84 Å². The van der Waals surface area contributed by atoms with E-state index in [1.807, 2.05) is 0 Å². The van der Waals surface area contributed by atoms with Crippen molar-refractivity contribution in [1.82, 2.24) is 10.7 Å². The van der Waals surface area contributed by atoms with E-state index in [-0.39, 0.29) is 6.04 Å². The Morgan fingerprint density at radius 2 is 2.44 bits per heavy atom. The highest BCUT2D eigenvalue weighted by Crippen LogP contribution is 2.15. The number of rotatable bonds is 5. The average molecular weight is 240 g/mol. The van der Waals surface area contributed by atoms with Gasteiger partial charge in [0.15, 0.2) is 0 Å². The van der Waals surface area contributed by atoms with Crippen molar-refractivity contribution in [3.8, 4) is 0 Å². The van der Waals surface area contributed by atoms with Gasteiger partial charge in [-0.1, -0.05) is 13.3 Å². The SMILES string of the molecule is CCCCN=C(NN)NC(C)c1ccsc1. The van der Waals surface area contributed by atoms with Gasteiger partial charge in [-0.15, -0.1) is 0 Å². The van der Waals surface area contributed by atoms with Crippen LogP contribution in [-0.2, 0) is 0 Å². The molecule has 0 radical (unpaired) electrons. The van der Waals surface area contributed by atoms with Gasteiger partial charge in [0.1, 0.15) is 0 Å². The van der Waals surface area contributed by atoms with Crippen LogP contribution in [0.4, 0.5) is 0 Å². The van der Waals surface area contributed by atoms with Crippen LogP contribution < -0.4 is 16.6 Å². The summed E-state index contributed by atoms with van der Waals surface area (Å²) in [6.45, 7) is 5.04. The average Bonchev–Trinajstić information content (AvgIpc) is 2.81. The lowest BCUT2D eigenvalue weighted by molar-refractivity contribution is 0.685. The van der Waals surface area contributed by atoms with Crippen LogP contribution in [0.5, 0.6) is 0 Å². The van der Waals surface area contributed by atoms with Crippen LogP contribution in [0, 0.1) is 0 Å². The molecule has 0 fully saturated rings. The molecule has 0 aliphatic heterocycles. The molecule has 1 atom stereocenters. The summed E-state index contributed by atoms with van der Waals surface area (Å²) in [5.74, 6) is 6.08. The van der Waals surface area contributed by atoms with Gasteiger partial charge in [0.05, 0.1) is 6.04 Å². The van der Waals surface area contributed by atoms with E-state index in [0.717, 1.165) is 19.4 Å². The zero-order chi connectivity index (χ0) is 11.8. The normalized spacial score (nSPS) is 13.6. The molecule has 0 aliphatic carbocycles. The second-order valence-electron chi connectivity index (χ2n) is 3.65. The summed E-state index contributed by atoms with van der Waals surface area (Å²) < 4.78 is 0. The third-order valence-corrected chi connectivity index (χ3v) is 3.02. The highest BCUT2D eigenvalue weighted by molar-refractivity contribution is 7.07. The van der Waals surface area contributed by atoms with E-state index in [0.29, 0.717) is 5.96 Å². The predicted molar refractivity (Wildman–Crippen MR) is 70.4 cm³/mol. The number of unbranched alkanes of at least 4 members (excludes halogenated alkanes) is 1. The van der Waals surface area contributed by atoms with Gasteiger partial charge in [-0.3, -0.25) is 10.4 Å². The van der Waals surface area contributed by atoms with E-state index >= 15 is 0 Å². The van der Waals surface area contributed by atoms with Crippen LogP contribution in [0.15, 0.2) is 21.8 Å². The molecule has 1 rings (SSSR count). The molecular weight excluding hydrogens is 220 g/mol. The van der Waals surface area contributed by atoms with Gasteiger partial charge in [-0.2, -0.15) is 11.3 Å². The van der Waals surface area contributed by atoms with Crippen molar-refractivity contribution in [2.45, 2.75) is 32.7 Å². The summed E-state index contributed by atoms with van der Waals surface area (Å²) in [4.78, 5) is 4.35. The summed E-state index contributed by atoms with van der Waals surface area (Å²) in [6.07, 6.45) is 2.22. The molecule has 1 aromatic heterocycles. The number of thiophene rings is 1. The van der Waals surface area contributed by atoms with Crippen molar-refractivity contribution in [3.63, 3.8) is 0 Å². The first-order valence-electron chi connectivity index (χ1n) is 5.57. The molecule has 0 saturated heterocycles. The predicted octanol–water partition coefficient (Wildman–Crippen LogP) is 2.02. The summed E-state index contributed by atoms with van der Waals surface area (Å²) in [6, 6.07) is 2.32.